The number of hydrogen-bond acceptors (Lipinski definition) is 1. The van der Waals surface area contributed by atoms with Crippen molar-refractivity contribution in [2.45, 2.75) is 32.2 Å². The molecule has 0 saturated heterocycles. The van der Waals surface area contributed by atoms with Crippen LogP contribution in [0.25, 0.3) is 11.0 Å². The van der Waals surface area contributed by atoms with Crippen molar-refractivity contribution in [1.82, 2.24) is 9.55 Å². The Bertz CT molecular complexity index is 621. The minimum atomic E-state index is -0.242. The molecule has 19 heavy (non-hydrogen) atoms. The summed E-state index contributed by atoms with van der Waals surface area (Å²) < 4.78 is 16.4. The van der Waals surface area contributed by atoms with Crippen molar-refractivity contribution in [3.05, 3.63) is 28.2 Å². The van der Waals surface area contributed by atoms with Gasteiger partial charge in [0.2, 0.25) is 0 Å². The summed E-state index contributed by atoms with van der Waals surface area (Å²) in [4.78, 5) is 4.62. The Morgan fingerprint density at radius 1 is 1.53 bits per heavy atom. The number of imidazole rings is 1. The van der Waals surface area contributed by atoms with Gasteiger partial charge in [0.05, 0.1) is 15.5 Å². The molecule has 1 aromatic carbocycles. The summed E-state index contributed by atoms with van der Waals surface area (Å²) >= 11 is 9.08. The van der Waals surface area contributed by atoms with Crippen molar-refractivity contribution in [2.75, 3.05) is 5.88 Å². The fraction of sp³-hybridized carbons (Fsp3) is 0.500. The standard InChI is InChI=1S/C14H15BrClFN2/c1-8(9-2-3-9)19-13-7-11(17)10(15)6-12(13)18-14(19)4-5-16/h6-9H,2-5H2,1H3. The van der Waals surface area contributed by atoms with Crippen LogP contribution in [0.2, 0.25) is 0 Å². The number of alkyl halides is 1. The quantitative estimate of drug-likeness (QED) is 0.735. The molecule has 2 nitrogen and oxygen atoms in total. The summed E-state index contributed by atoms with van der Waals surface area (Å²) in [6.07, 6.45) is 3.22. The highest BCUT2D eigenvalue weighted by atomic mass is 79.9. The van der Waals surface area contributed by atoms with Crippen LogP contribution in [0.3, 0.4) is 0 Å². The van der Waals surface area contributed by atoms with E-state index >= 15 is 0 Å². The summed E-state index contributed by atoms with van der Waals surface area (Å²) in [6.45, 7) is 2.19. The van der Waals surface area contributed by atoms with Crippen LogP contribution in [0.5, 0.6) is 0 Å². The zero-order valence-corrected chi connectivity index (χ0v) is 13.0. The lowest BCUT2D eigenvalue weighted by Crippen LogP contribution is -2.11. The van der Waals surface area contributed by atoms with Crippen LogP contribution in [-0.4, -0.2) is 15.4 Å². The first-order valence-electron chi connectivity index (χ1n) is 6.53. The minimum Gasteiger partial charge on any atom is -0.325 e. The maximum absolute atomic E-state index is 13.8. The van der Waals surface area contributed by atoms with E-state index in [2.05, 4.69) is 32.4 Å². The highest BCUT2D eigenvalue weighted by molar-refractivity contribution is 9.10. The summed E-state index contributed by atoms with van der Waals surface area (Å²) in [5.41, 5.74) is 1.71. The summed E-state index contributed by atoms with van der Waals surface area (Å²) in [5, 5.41) is 0. The van der Waals surface area contributed by atoms with Crippen molar-refractivity contribution in [2.24, 2.45) is 5.92 Å². The normalized spacial score (nSPS) is 17.1. The van der Waals surface area contributed by atoms with E-state index in [1.54, 1.807) is 12.1 Å². The summed E-state index contributed by atoms with van der Waals surface area (Å²) in [7, 11) is 0. The number of hydrogen-bond donors (Lipinski definition) is 0. The van der Waals surface area contributed by atoms with Crippen LogP contribution < -0.4 is 0 Å². The van der Waals surface area contributed by atoms with Crippen LogP contribution in [0.4, 0.5) is 4.39 Å². The van der Waals surface area contributed by atoms with E-state index in [1.807, 2.05) is 0 Å². The number of aryl methyl sites for hydroxylation is 1. The molecular formula is C14H15BrClFN2. The molecule has 1 unspecified atom stereocenters. The number of fused-ring (bicyclic) bond motifs is 1. The first kappa shape index (κ1) is 13.4. The Hall–Kier alpha value is -0.610. The molecule has 2 aromatic rings. The van der Waals surface area contributed by atoms with Gasteiger partial charge in [-0.2, -0.15) is 0 Å². The molecule has 0 aliphatic heterocycles. The van der Waals surface area contributed by atoms with Gasteiger partial charge in [-0.05, 0) is 47.7 Å². The van der Waals surface area contributed by atoms with E-state index in [1.165, 1.54) is 12.8 Å². The predicted octanol–water partition coefficient (Wildman–Crippen LogP) is 4.69. The van der Waals surface area contributed by atoms with Crippen molar-refractivity contribution < 1.29 is 4.39 Å². The van der Waals surface area contributed by atoms with Gasteiger partial charge in [0.1, 0.15) is 11.6 Å². The summed E-state index contributed by atoms with van der Waals surface area (Å²) in [6, 6.07) is 3.69. The van der Waals surface area contributed by atoms with Gasteiger partial charge in [-0.3, -0.25) is 0 Å². The first-order valence-corrected chi connectivity index (χ1v) is 7.86. The molecule has 1 fully saturated rings. The summed E-state index contributed by atoms with van der Waals surface area (Å²) in [5.74, 6) is 1.94. The first-order chi connectivity index (χ1) is 9.11. The number of benzene rings is 1. The van der Waals surface area contributed by atoms with Gasteiger partial charge in [0.25, 0.3) is 0 Å². The van der Waals surface area contributed by atoms with Gasteiger partial charge in [0.15, 0.2) is 0 Å². The van der Waals surface area contributed by atoms with Crippen molar-refractivity contribution in [3.8, 4) is 0 Å². The van der Waals surface area contributed by atoms with Crippen LogP contribution in [-0.2, 0) is 6.42 Å². The average Bonchev–Trinajstić information content (AvgIpc) is 3.15. The third kappa shape index (κ3) is 2.40. The molecule has 0 bridgehead atoms. The molecule has 0 amide bonds. The minimum absolute atomic E-state index is 0.242. The molecule has 1 aliphatic carbocycles. The molecule has 1 aromatic heterocycles. The van der Waals surface area contributed by atoms with E-state index in [0.29, 0.717) is 28.7 Å². The Morgan fingerprint density at radius 2 is 2.26 bits per heavy atom. The zero-order chi connectivity index (χ0) is 13.6. The van der Waals surface area contributed by atoms with E-state index in [0.717, 1.165) is 16.9 Å². The van der Waals surface area contributed by atoms with Gasteiger partial charge >= 0.3 is 0 Å². The van der Waals surface area contributed by atoms with Gasteiger partial charge < -0.3 is 4.57 Å². The number of rotatable bonds is 4. The van der Waals surface area contributed by atoms with Gasteiger partial charge in [-0.25, -0.2) is 9.37 Å². The average molecular weight is 346 g/mol. The molecule has 0 N–H and O–H groups in total. The Balaban J connectivity index is 2.18. The van der Waals surface area contributed by atoms with Crippen LogP contribution >= 0.6 is 27.5 Å². The highest BCUT2D eigenvalue weighted by Crippen LogP contribution is 2.41. The molecule has 0 spiro atoms. The number of halogens is 3. The second-order valence-electron chi connectivity index (χ2n) is 5.17. The maximum Gasteiger partial charge on any atom is 0.139 e. The van der Waals surface area contributed by atoms with Gasteiger partial charge in [-0.1, -0.05) is 0 Å². The predicted molar refractivity (Wildman–Crippen MR) is 79.3 cm³/mol. The van der Waals surface area contributed by atoms with Crippen LogP contribution in [0.15, 0.2) is 16.6 Å². The maximum atomic E-state index is 13.8. The second-order valence-corrected chi connectivity index (χ2v) is 6.40. The number of nitrogens with zero attached hydrogens (tertiary/aromatic N) is 2. The topological polar surface area (TPSA) is 17.8 Å². The lowest BCUT2D eigenvalue weighted by atomic mass is 10.2. The fourth-order valence-electron chi connectivity index (χ4n) is 2.65. The SMILES string of the molecule is CC(C1CC1)n1c(CCCl)nc2cc(Br)c(F)cc21. The van der Waals surface area contributed by atoms with E-state index in [-0.39, 0.29) is 5.82 Å². The van der Waals surface area contributed by atoms with Gasteiger partial charge in [-0.15, -0.1) is 11.6 Å². The number of aromatic nitrogens is 2. The highest BCUT2D eigenvalue weighted by Gasteiger charge is 2.31. The molecule has 0 radical (unpaired) electrons. The van der Waals surface area contributed by atoms with Gasteiger partial charge in [0, 0.05) is 24.4 Å². The lowest BCUT2D eigenvalue weighted by Gasteiger charge is -2.16. The molecule has 1 saturated carbocycles. The second kappa shape index (κ2) is 5.06. The molecular weight excluding hydrogens is 331 g/mol. The lowest BCUT2D eigenvalue weighted by molar-refractivity contribution is 0.481. The van der Waals surface area contributed by atoms with E-state index < -0.39 is 0 Å². The third-order valence-electron chi connectivity index (χ3n) is 3.83. The van der Waals surface area contributed by atoms with E-state index in [4.69, 9.17) is 11.6 Å². The Morgan fingerprint density at radius 3 is 2.89 bits per heavy atom. The van der Waals surface area contributed by atoms with Crippen LogP contribution in [0.1, 0.15) is 31.6 Å². The largest absolute Gasteiger partial charge is 0.325 e. The molecule has 1 atom stereocenters. The fourth-order valence-corrected chi connectivity index (χ4v) is 3.15. The van der Waals surface area contributed by atoms with Crippen molar-refractivity contribution in [1.29, 1.82) is 0 Å². The van der Waals surface area contributed by atoms with Crippen molar-refractivity contribution >= 4 is 38.6 Å². The zero-order valence-electron chi connectivity index (χ0n) is 10.7. The third-order valence-corrected chi connectivity index (χ3v) is 4.63. The smallest absolute Gasteiger partial charge is 0.139 e. The van der Waals surface area contributed by atoms with E-state index in [9.17, 15) is 4.39 Å². The van der Waals surface area contributed by atoms with Crippen LogP contribution in [0, 0.1) is 11.7 Å². The molecule has 102 valence electrons. The Labute approximate surface area is 125 Å². The molecule has 5 heteroatoms. The monoisotopic (exact) mass is 344 g/mol. The Kier molecular flexibility index (Phi) is 3.56. The molecule has 3 rings (SSSR count). The van der Waals surface area contributed by atoms with Crippen molar-refractivity contribution in [3.63, 3.8) is 0 Å². The molecule has 1 heterocycles. The molecule has 1 aliphatic rings.